The molecule has 6 N–H and O–H groups in total. The average Bonchev–Trinajstić information content (AvgIpc) is 2.47. The van der Waals surface area contributed by atoms with Gasteiger partial charge in [0.1, 0.15) is 18.3 Å². The van der Waals surface area contributed by atoms with Crippen molar-refractivity contribution in [3.05, 3.63) is 0 Å². The van der Waals surface area contributed by atoms with Gasteiger partial charge in [-0.05, 0) is 0 Å². The van der Waals surface area contributed by atoms with Gasteiger partial charge in [0.25, 0.3) is 0 Å². The molecule has 0 saturated carbocycles. The van der Waals surface area contributed by atoms with Crippen LogP contribution in [0.3, 0.4) is 0 Å². The molecule has 0 fully saturated rings. The number of hydrogen-bond donors (Lipinski definition) is 6. The Bertz CT molecular complexity index is 245. The lowest BCUT2D eigenvalue weighted by Gasteiger charge is -2.21. The van der Waals surface area contributed by atoms with Crippen LogP contribution in [0.1, 0.15) is 0 Å². The second-order valence-corrected chi connectivity index (χ2v) is 5.51. The Morgan fingerprint density at radius 2 is 0.950 bits per heavy atom. The highest BCUT2D eigenvalue weighted by atomic mass is 31.2. The fourth-order valence-electron chi connectivity index (χ4n) is 0.802. The molecule has 0 saturated heterocycles. The van der Waals surface area contributed by atoms with Crippen LogP contribution < -0.4 is 0 Å². The van der Waals surface area contributed by atoms with Crippen molar-refractivity contribution >= 4 is 7.82 Å². The van der Waals surface area contributed by atoms with E-state index in [0.29, 0.717) is 0 Å². The second-order valence-electron chi connectivity index (χ2n) is 3.84. The number of phosphoric ester groups is 1. The number of hydrogen-bond acceptors (Lipinski definition) is 10. The molecule has 0 aromatic heterocycles. The van der Waals surface area contributed by atoms with Crippen LogP contribution in [0.15, 0.2) is 0 Å². The largest absolute Gasteiger partial charge is 0.475 e. The highest BCUT2D eigenvalue weighted by Gasteiger charge is 2.30. The molecular formula is C9H21O10P. The van der Waals surface area contributed by atoms with E-state index in [9.17, 15) is 4.57 Å². The zero-order valence-electron chi connectivity index (χ0n) is 10.7. The van der Waals surface area contributed by atoms with E-state index in [4.69, 9.17) is 30.6 Å². The lowest BCUT2D eigenvalue weighted by molar-refractivity contribution is -0.00671. The second kappa shape index (κ2) is 10.6. The maximum atomic E-state index is 12.0. The molecule has 0 aliphatic heterocycles. The molecule has 3 atom stereocenters. The number of rotatable bonds is 12. The zero-order chi connectivity index (χ0) is 15.6. The Kier molecular flexibility index (Phi) is 10.5. The Morgan fingerprint density at radius 1 is 0.700 bits per heavy atom. The minimum atomic E-state index is -4.23. The molecule has 0 aromatic rings. The van der Waals surface area contributed by atoms with Crippen molar-refractivity contribution in [3.63, 3.8) is 0 Å². The van der Waals surface area contributed by atoms with E-state index in [1.165, 1.54) is 0 Å². The van der Waals surface area contributed by atoms with Gasteiger partial charge in [0.15, 0.2) is 0 Å². The number of aliphatic hydroxyl groups is 6. The summed E-state index contributed by atoms with van der Waals surface area (Å²) in [7, 11) is -4.23. The van der Waals surface area contributed by atoms with Crippen LogP contribution in [0.25, 0.3) is 0 Å². The van der Waals surface area contributed by atoms with Crippen molar-refractivity contribution in [1.29, 1.82) is 0 Å². The minimum Gasteiger partial charge on any atom is -0.394 e. The summed E-state index contributed by atoms with van der Waals surface area (Å²) in [6.07, 6.45) is -3.96. The van der Waals surface area contributed by atoms with Crippen LogP contribution in [0.2, 0.25) is 0 Å². The maximum Gasteiger partial charge on any atom is 0.475 e. The highest BCUT2D eigenvalue weighted by molar-refractivity contribution is 7.48. The van der Waals surface area contributed by atoms with Crippen molar-refractivity contribution in [2.75, 3.05) is 39.6 Å². The topological polar surface area (TPSA) is 166 Å². The molecule has 11 heteroatoms. The molecule has 20 heavy (non-hydrogen) atoms. The molecule has 3 unspecified atom stereocenters. The van der Waals surface area contributed by atoms with Crippen LogP contribution in [0.4, 0.5) is 0 Å². The van der Waals surface area contributed by atoms with Crippen LogP contribution in [-0.4, -0.2) is 88.6 Å². The first-order valence-electron chi connectivity index (χ1n) is 5.77. The summed E-state index contributed by atoms with van der Waals surface area (Å²) in [5.41, 5.74) is 0. The van der Waals surface area contributed by atoms with Crippen LogP contribution >= 0.6 is 7.82 Å². The van der Waals surface area contributed by atoms with Gasteiger partial charge in [-0.1, -0.05) is 0 Å². The summed E-state index contributed by atoms with van der Waals surface area (Å²) in [5.74, 6) is 0. The van der Waals surface area contributed by atoms with Crippen molar-refractivity contribution in [3.8, 4) is 0 Å². The van der Waals surface area contributed by atoms with Gasteiger partial charge in [0.2, 0.25) is 0 Å². The van der Waals surface area contributed by atoms with Gasteiger partial charge in [-0.15, -0.1) is 0 Å². The van der Waals surface area contributed by atoms with Crippen molar-refractivity contribution in [1.82, 2.24) is 0 Å². The van der Waals surface area contributed by atoms with Gasteiger partial charge in [-0.25, -0.2) is 4.57 Å². The Hall–Kier alpha value is -0.130. The molecule has 0 aliphatic carbocycles. The van der Waals surface area contributed by atoms with Gasteiger partial charge >= 0.3 is 7.82 Å². The molecule has 0 aromatic carbocycles. The average molecular weight is 320 g/mol. The fraction of sp³-hybridized carbons (Fsp3) is 1.00. The summed E-state index contributed by atoms with van der Waals surface area (Å²) in [6, 6.07) is 0. The Labute approximate surface area is 115 Å². The molecule has 0 spiro atoms. The number of phosphoric acid groups is 1. The molecule has 0 heterocycles. The van der Waals surface area contributed by atoms with E-state index in [-0.39, 0.29) is 0 Å². The van der Waals surface area contributed by atoms with Crippen molar-refractivity contribution in [2.45, 2.75) is 18.3 Å². The van der Waals surface area contributed by atoms with Crippen LogP contribution in [0.5, 0.6) is 0 Å². The fourth-order valence-corrected chi connectivity index (χ4v) is 2.09. The predicted molar refractivity (Wildman–Crippen MR) is 64.7 cm³/mol. The van der Waals surface area contributed by atoms with Gasteiger partial charge < -0.3 is 30.6 Å². The molecule has 0 radical (unpaired) electrons. The van der Waals surface area contributed by atoms with Gasteiger partial charge in [-0.3, -0.25) is 13.6 Å². The first-order valence-corrected chi connectivity index (χ1v) is 7.23. The molecule has 0 amide bonds. The summed E-state index contributed by atoms with van der Waals surface area (Å²) in [6.45, 7) is -3.63. The molecule has 0 aliphatic rings. The highest BCUT2D eigenvalue weighted by Crippen LogP contribution is 2.49. The van der Waals surface area contributed by atoms with Crippen LogP contribution in [0, 0.1) is 0 Å². The first-order chi connectivity index (χ1) is 9.36. The zero-order valence-corrected chi connectivity index (χ0v) is 11.6. The van der Waals surface area contributed by atoms with Crippen molar-refractivity contribution < 1.29 is 48.8 Å². The Balaban J connectivity index is 4.45. The monoisotopic (exact) mass is 320 g/mol. The van der Waals surface area contributed by atoms with E-state index in [2.05, 4.69) is 13.6 Å². The third-order valence-electron chi connectivity index (χ3n) is 1.91. The summed E-state index contributed by atoms with van der Waals surface area (Å²) < 4.78 is 26.1. The quantitative estimate of drug-likeness (QED) is 0.207. The van der Waals surface area contributed by atoms with Gasteiger partial charge in [0, 0.05) is 0 Å². The van der Waals surface area contributed by atoms with Gasteiger partial charge in [-0.2, -0.15) is 0 Å². The molecule has 122 valence electrons. The third-order valence-corrected chi connectivity index (χ3v) is 3.30. The molecule has 0 rings (SSSR count). The van der Waals surface area contributed by atoms with Gasteiger partial charge in [0.05, 0.1) is 39.6 Å². The lowest BCUT2D eigenvalue weighted by Crippen LogP contribution is -2.24. The lowest BCUT2D eigenvalue weighted by atomic mass is 10.4. The summed E-state index contributed by atoms with van der Waals surface area (Å²) in [4.78, 5) is 0. The Morgan fingerprint density at radius 3 is 1.15 bits per heavy atom. The minimum absolute atomic E-state index is 0.571. The van der Waals surface area contributed by atoms with Crippen molar-refractivity contribution in [2.24, 2.45) is 0 Å². The van der Waals surface area contributed by atoms with Crippen LogP contribution in [-0.2, 0) is 18.1 Å². The third kappa shape index (κ3) is 8.93. The van der Waals surface area contributed by atoms with E-state index in [0.717, 1.165) is 0 Å². The van der Waals surface area contributed by atoms with E-state index in [1.54, 1.807) is 0 Å². The standard InChI is InChI=1S/C9H21O10P/c10-1-7(13)4-17-20(16,18-5-8(14)2-11)19-6-9(15)3-12/h7-15H,1-6H2. The maximum absolute atomic E-state index is 12.0. The summed E-state index contributed by atoms with van der Waals surface area (Å²) in [5, 5.41) is 53.0. The van der Waals surface area contributed by atoms with E-state index < -0.39 is 65.8 Å². The molecule has 10 nitrogen and oxygen atoms in total. The van der Waals surface area contributed by atoms with E-state index in [1.807, 2.05) is 0 Å². The molecular weight excluding hydrogens is 299 g/mol. The molecule has 0 bridgehead atoms. The predicted octanol–water partition coefficient (Wildman–Crippen LogP) is -2.80. The number of aliphatic hydroxyl groups excluding tert-OH is 6. The smallest absolute Gasteiger partial charge is 0.394 e. The first kappa shape index (κ1) is 19.9. The summed E-state index contributed by atoms with van der Waals surface area (Å²) >= 11 is 0. The normalized spacial score (nSPS) is 19.3. The van der Waals surface area contributed by atoms with E-state index >= 15 is 0 Å². The SMILES string of the molecule is O=P(OCC(O)CO)(OCC(O)CO)OCC(O)CO.